The molecule has 31 heavy (non-hydrogen) atoms. The number of benzene rings is 1. The van der Waals surface area contributed by atoms with Crippen molar-refractivity contribution in [2.75, 3.05) is 6.61 Å². The number of alkyl halides is 3. The average molecular weight is 475 g/mol. The Balaban J connectivity index is 2.13. The van der Waals surface area contributed by atoms with Crippen LogP contribution in [0.3, 0.4) is 0 Å². The van der Waals surface area contributed by atoms with Gasteiger partial charge in [0.25, 0.3) is 0 Å². The molecule has 2 heterocycles. The first kappa shape index (κ1) is 23.9. The van der Waals surface area contributed by atoms with E-state index < -0.39 is 39.6 Å². The number of rotatable bonds is 5. The van der Waals surface area contributed by atoms with Crippen molar-refractivity contribution in [1.82, 2.24) is 9.71 Å². The lowest BCUT2D eigenvalue weighted by molar-refractivity contribution is -0.208. The van der Waals surface area contributed by atoms with Crippen LogP contribution < -0.4 is 9.46 Å². The van der Waals surface area contributed by atoms with E-state index >= 15 is 0 Å². The molecule has 0 amide bonds. The zero-order valence-electron chi connectivity index (χ0n) is 17.0. The molecule has 10 heteroatoms. The summed E-state index contributed by atoms with van der Waals surface area (Å²) in [4.78, 5) is 3.67. The molecule has 1 aliphatic heterocycles. The van der Waals surface area contributed by atoms with Gasteiger partial charge in [-0.3, -0.25) is 0 Å². The highest BCUT2D eigenvalue weighted by Crippen LogP contribution is 2.45. The number of hydrogen-bond acceptors (Lipinski definition) is 5. The van der Waals surface area contributed by atoms with Crippen LogP contribution in [-0.4, -0.2) is 32.2 Å². The number of pyridine rings is 1. The molecule has 168 valence electrons. The Morgan fingerprint density at radius 2 is 1.94 bits per heavy atom. The maximum atomic E-state index is 13.1. The SMILES string of the molecule is CC(C)(C)[S+]([O-])NC1(/C=C/c2ccccc2)COc2c1cc(C(O)C(F)(F)F)nc2Cl. The van der Waals surface area contributed by atoms with Gasteiger partial charge in [-0.2, -0.15) is 13.2 Å². The molecule has 0 fully saturated rings. The minimum atomic E-state index is -4.92. The number of fused-ring (bicyclic) bond motifs is 1. The summed E-state index contributed by atoms with van der Waals surface area (Å²) in [5, 5.41) is 9.41. The molecule has 2 aromatic rings. The number of aromatic nitrogens is 1. The van der Waals surface area contributed by atoms with Crippen LogP contribution in [0.25, 0.3) is 6.08 Å². The Labute approximate surface area is 186 Å². The number of ether oxygens (including phenoxy) is 1. The van der Waals surface area contributed by atoms with Crippen molar-refractivity contribution in [2.24, 2.45) is 0 Å². The second-order valence-electron chi connectivity index (χ2n) is 8.15. The minimum absolute atomic E-state index is 0.0690. The quantitative estimate of drug-likeness (QED) is 0.486. The van der Waals surface area contributed by atoms with Crippen molar-refractivity contribution in [3.63, 3.8) is 0 Å². The summed E-state index contributed by atoms with van der Waals surface area (Å²) in [6.45, 7) is 5.22. The molecule has 5 nitrogen and oxygen atoms in total. The van der Waals surface area contributed by atoms with Crippen molar-refractivity contribution in [3.8, 4) is 5.75 Å². The smallest absolute Gasteiger partial charge is 0.420 e. The van der Waals surface area contributed by atoms with Gasteiger partial charge in [-0.15, -0.1) is 4.72 Å². The van der Waals surface area contributed by atoms with Gasteiger partial charge in [-0.05, 0) is 32.4 Å². The van der Waals surface area contributed by atoms with Crippen LogP contribution in [0, 0.1) is 0 Å². The van der Waals surface area contributed by atoms with E-state index in [0.29, 0.717) is 0 Å². The normalized spacial score (nSPS) is 21.1. The van der Waals surface area contributed by atoms with Crippen molar-refractivity contribution in [3.05, 3.63) is 64.4 Å². The fourth-order valence-electron chi connectivity index (χ4n) is 2.94. The molecule has 0 bridgehead atoms. The number of nitrogens with one attached hydrogen (secondary N) is 1. The van der Waals surface area contributed by atoms with Crippen LogP contribution in [0.2, 0.25) is 5.15 Å². The predicted molar refractivity (Wildman–Crippen MR) is 114 cm³/mol. The third kappa shape index (κ3) is 5.18. The predicted octanol–water partition coefficient (Wildman–Crippen LogP) is 4.68. The van der Waals surface area contributed by atoms with Crippen molar-refractivity contribution < 1.29 is 27.6 Å². The standard InChI is InChI=1S/C21H22ClF3N2O3S/c1-19(2,3)31(29)27-20(10-9-13-7-5-4-6-8-13)12-30-16-14(20)11-15(26-18(16)22)17(28)21(23,24)25/h4-11,17,27-28H,12H2,1-3H3/b10-9+. The van der Waals surface area contributed by atoms with E-state index in [4.69, 9.17) is 16.3 Å². The van der Waals surface area contributed by atoms with Gasteiger partial charge < -0.3 is 14.4 Å². The lowest BCUT2D eigenvalue weighted by Crippen LogP contribution is -2.51. The second-order valence-corrected chi connectivity index (χ2v) is 10.5. The monoisotopic (exact) mass is 474 g/mol. The van der Waals surface area contributed by atoms with Gasteiger partial charge in [0.2, 0.25) is 0 Å². The molecule has 1 aromatic heterocycles. The molecule has 0 spiro atoms. The first-order valence-electron chi connectivity index (χ1n) is 9.36. The summed E-state index contributed by atoms with van der Waals surface area (Å²) in [5.41, 5.74) is -0.872. The second kappa shape index (κ2) is 8.63. The van der Waals surface area contributed by atoms with Gasteiger partial charge in [-0.25, -0.2) is 4.98 Å². The number of hydrogen-bond donors (Lipinski definition) is 2. The van der Waals surface area contributed by atoms with E-state index in [2.05, 4.69) is 9.71 Å². The largest absolute Gasteiger partial charge is 0.598 e. The lowest BCUT2D eigenvalue weighted by atomic mass is 9.91. The van der Waals surface area contributed by atoms with E-state index in [1.165, 1.54) is 0 Å². The van der Waals surface area contributed by atoms with Crippen molar-refractivity contribution >= 4 is 29.0 Å². The molecule has 0 aliphatic carbocycles. The summed E-state index contributed by atoms with van der Waals surface area (Å²) in [6.07, 6.45) is -4.31. The highest BCUT2D eigenvalue weighted by atomic mass is 35.5. The van der Waals surface area contributed by atoms with Crippen molar-refractivity contribution in [2.45, 2.75) is 43.3 Å². The van der Waals surface area contributed by atoms with E-state index in [1.807, 2.05) is 30.3 Å². The van der Waals surface area contributed by atoms with Gasteiger partial charge in [0.05, 0.1) is 5.69 Å². The van der Waals surface area contributed by atoms with E-state index in [1.54, 1.807) is 32.9 Å². The Hall–Kier alpha value is -1.78. The zero-order chi connectivity index (χ0) is 23.0. The highest BCUT2D eigenvalue weighted by Gasteiger charge is 2.48. The Kier molecular flexibility index (Phi) is 6.65. The Morgan fingerprint density at radius 3 is 2.52 bits per heavy atom. The van der Waals surface area contributed by atoms with Crippen LogP contribution in [0.15, 0.2) is 42.5 Å². The highest BCUT2D eigenvalue weighted by molar-refractivity contribution is 7.90. The van der Waals surface area contributed by atoms with Crippen LogP contribution in [-0.2, 0) is 16.9 Å². The molecular weight excluding hydrogens is 453 g/mol. The molecule has 3 atom stereocenters. The fraction of sp³-hybridized carbons (Fsp3) is 0.381. The first-order chi connectivity index (χ1) is 14.3. The number of aliphatic hydroxyl groups excluding tert-OH is 1. The number of nitrogens with zero attached hydrogens (tertiary/aromatic N) is 1. The molecule has 1 aromatic carbocycles. The average Bonchev–Trinajstić information content (AvgIpc) is 3.04. The van der Waals surface area contributed by atoms with E-state index in [0.717, 1.165) is 11.6 Å². The molecule has 0 saturated carbocycles. The lowest BCUT2D eigenvalue weighted by Gasteiger charge is -2.32. The molecule has 2 N–H and O–H groups in total. The maximum Gasteiger partial charge on any atom is 0.420 e. The zero-order valence-corrected chi connectivity index (χ0v) is 18.6. The van der Waals surface area contributed by atoms with E-state index in [9.17, 15) is 22.8 Å². The third-order valence-electron chi connectivity index (χ3n) is 4.66. The molecule has 0 saturated heterocycles. The number of halogens is 4. The van der Waals surface area contributed by atoms with Gasteiger partial charge in [0.15, 0.2) is 17.0 Å². The minimum Gasteiger partial charge on any atom is -0.598 e. The van der Waals surface area contributed by atoms with Gasteiger partial charge in [0, 0.05) is 16.9 Å². The Bertz CT molecular complexity index is 967. The maximum absolute atomic E-state index is 13.1. The molecule has 1 aliphatic rings. The molecule has 3 rings (SSSR count). The van der Waals surface area contributed by atoms with E-state index in [-0.39, 0.29) is 23.1 Å². The summed E-state index contributed by atoms with van der Waals surface area (Å²) in [5.74, 6) is 0.0795. The number of aliphatic hydroxyl groups is 1. The summed E-state index contributed by atoms with van der Waals surface area (Å²) in [7, 11) is 0. The summed E-state index contributed by atoms with van der Waals surface area (Å²) >= 11 is 4.50. The van der Waals surface area contributed by atoms with Crippen LogP contribution >= 0.6 is 11.6 Å². The van der Waals surface area contributed by atoms with Gasteiger partial charge >= 0.3 is 6.18 Å². The van der Waals surface area contributed by atoms with Crippen LogP contribution in [0.4, 0.5) is 13.2 Å². The first-order valence-corrected chi connectivity index (χ1v) is 10.9. The van der Waals surface area contributed by atoms with Crippen molar-refractivity contribution in [1.29, 1.82) is 0 Å². The van der Waals surface area contributed by atoms with Gasteiger partial charge in [0.1, 0.15) is 16.9 Å². The molecular formula is C21H22ClF3N2O3S. The third-order valence-corrected chi connectivity index (χ3v) is 6.58. The summed E-state index contributed by atoms with van der Waals surface area (Å²) < 4.78 is 60.3. The van der Waals surface area contributed by atoms with Gasteiger partial charge in [-0.1, -0.05) is 54.1 Å². The summed E-state index contributed by atoms with van der Waals surface area (Å²) in [6, 6.07) is 10.3. The topological polar surface area (TPSA) is 77.4 Å². The van der Waals surface area contributed by atoms with Crippen LogP contribution in [0.1, 0.15) is 43.7 Å². The fourth-order valence-corrected chi connectivity index (χ4v) is 4.07. The molecule has 3 unspecified atom stereocenters. The molecule has 0 radical (unpaired) electrons. The van der Waals surface area contributed by atoms with Crippen LogP contribution in [0.5, 0.6) is 5.75 Å². The Morgan fingerprint density at radius 1 is 1.29 bits per heavy atom.